The molecule has 6 nitrogen and oxygen atoms in total. The van der Waals surface area contributed by atoms with Gasteiger partial charge in [0.25, 0.3) is 0 Å². The van der Waals surface area contributed by atoms with Crippen molar-refractivity contribution < 1.29 is 9.47 Å². The van der Waals surface area contributed by atoms with Gasteiger partial charge in [-0.25, -0.2) is 4.98 Å². The minimum atomic E-state index is 0. The molecule has 0 spiro atoms. The topological polar surface area (TPSA) is 59.0 Å². The van der Waals surface area contributed by atoms with E-state index in [1.807, 2.05) is 49.6 Å². The van der Waals surface area contributed by atoms with Gasteiger partial charge < -0.3 is 19.7 Å². The Balaban J connectivity index is 0.00000300. The van der Waals surface area contributed by atoms with E-state index in [2.05, 4.69) is 38.9 Å². The third-order valence-electron chi connectivity index (χ3n) is 4.62. The Hall–Kier alpha value is -1.68. The van der Waals surface area contributed by atoms with Crippen molar-refractivity contribution >= 4 is 41.7 Å². The van der Waals surface area contributed by atoms with Crippen molar-refractivity contribution in [2.24, 2.45) is 4.99 Å². The summed E-state index contributed by atoms with van der Waals surface area (Å²) in [6, 6.07) is 11.4. The SMILES string of the molecule is CCC1CN(C(=NC)NCc2ccc(Oc3cccc(OC)c3)nc2)CCS1.I. The Kier molecular flexibility index (Phi) is 9.86. The lowest BCUT2D eigenvalue weighted by Gasteiger charge is -2.34. The Morgan fingerprint density at radius 1 is 1.31 bits per heavy atom. The fraction of sp³-hybridized carbons (Fsp3) is 0.429. The molecule has 1 aromatic carbocycles. The molecule has 0 radical (unpaired) electrons. The summed E-state index contributed by atoms with van der Waals surface area (Å²) in [6.45, 7) is 5.01. The minimum absolute atomic E-state index is 0. The summed E-state index contributed by atoms with van der Waals surface area (Å²) in [4.78, 5) is 11.2. The van der Waals surface area contributed by atoms with Crippen LogP contribution in [0.4, 0.5) is 0 Å². The van der Waals surface area contributed by atoms with Crippen LogP contribution in [0.15, 0.2) is 47.6 Å². The maximum atomic E-state index is 5.80. The minimum Gasteiger partial charge on any atom is -0.497 e. The highest BCUT2D eigenvalue weighted by Crippen LogP contribution is 2.24. The van der Waals surface area contributed by atoms with Crippen LogP contribution in [0, 0.1) is 0 Å². The van der Waals surface area contributed by atoms with Crippen molar-refractivity contribution in [2.75, 3.05) is 33.0 Å². The molecule has 8 heteroatoms. The molecule has 2 aromatic rings. The Bertz CT molecular complexity index is 789. The molecule has 158 valence electrons. The molecule has 3 rings (SSSR count). The predicted octanol–water partition coefficient (Wildman–Crippen LogP) is 4.40. The van der Waals surface area contributed by atoms with Gasteiger partial charge >= 0.3 is 0 Å². The molecule has 1 fully saturated rings. The van der Waals surface area contributed by atoms with Gasteiger partial charge in [-0.1, -0.05) is 19.1 Å². The van der Waals surface area contributed by atoms with Crippen LogP contribution in [0.5, 0.6) is 17.4 Å². The van der Waals surface area contributed by atoms with Crippen molar-refractivity contribution in [3.63, 3.8) is 0 Å². The molecule has 1 saturated heterocycles. The zero-order chi connectivity index (χ0) is 19.8. The van der Waals surface area contributed by atoms with Crippen LogP contribution >= 0.6 is 35.7 Å². The second-order valence-electron chi connectivity index (χ2n) is 6.53. The third-order valence-corrected chi connectivity index (χ3v) is 5.99. The van der Waals surface area contributed by atoms with Crippen LogP contribution in [0.1, 0.15) is 18.9 Å². The molecule has 1 aromatic heterocycles. The van der Waals surface area contributed by atoms with Crippen LogP contribution in [0.2, 0.25) is 0 Å². The molecular formula is C21H29IN4O2S. The second-order valence-corrected chi connectivity index (χ2v) is 7.94. The number of hydrogen-bond acceptors (Lipinski definition) is 5. The lowest BCUT2D eigenvalue weighted by atomic mass is 10.3. The van der Waals surface area contributed by atoms with Crippen LogP contribution < -0.4 is 14.8 Å². The third kappa shape index (κ3) is 6.95. The lowest BCUT2D eigenvalue weighted by molar-refractivity contribution is 0.407. The number of pyridine rings is 1. The quantitative estimate of drug-likeness (QED) is 0.341. The second kappa shape index (κ2) is 12.1. The molecule has 1 N–H and O–H groups in total. The number of guanidine groups is 1. The predicted molar refractivity (Wildman–Crippen MR) is 131 cm³/mol. The van der Waals surface area contributed by atoms with E-state index in [0.717, 1.165) is 36.1 Å². The van der Waals surface area contributed by atoms with Gasteiger partial charge in [0.1, 0.15) is 11.5 Å². The number of thioether (sulfide) groups is 1. The van der Waals surface area contributed by atoms with E-state index < -0.39 is 0 Å². The first-order chi connectivity index (χ1) is 13.7. The van der Waals surface area contributed by atoms with Crippen LogP contribution in [-0.4, -0.2) is 54.1 Å². The van der Waals surface area contributed by atoms with Crippen LogP contribution in [-0.2, 0) is 6.54 Å². The van der Waals surface area contributed by atoms with Gasteiger partial charge in [-0.05, 0) is 24.1 Å². The Morgan fingerprint density at radius 3 is 2.83 bits per heavy atom. The lowest BCUT2D eigenvalue weighted by Crippen LogP contribution is -2.47. The zero-order valence-corrected chi connectivity index (χ0v) is 20.3. The fourth-order valence-electron chi connectivity index (χ4n) is 3.03. The smallest absolute Gasteiger partial charge is 0.219 e. The molecule has 2 heterocycles. The number of rotatable bonds is 6. The van der Waals surface area contributed by atoms with Crippen LogP contribution in [0.3, 0.4) is 0 Å². The first-order valence-electron chi connectivity index (χ1n) is 9.56. The highest BCUT2D eigenvalue weighted by molar-refractivity contribution is 14.0. The van der Waals surface area contributed by atoms with E-state index in [1.165, 1.54) is 6.42 Å². The van der Waals surface area contributed by atoms with Crippen molar-refractivity contribution in [3.8, 4) is 17.4 Å². The van der Waals surface area contributed by atoms with E-state index in [9.17, 15) is 0 Å². The monoisotopic (exact) mass is 528 g/mol. The normalized spacial score (nSPS) is 16.7. The van der Waals surface area contributed by atoms with Crippen molar-refractivity contribution in [2.45, 2.75) is 25.1 Å². The van der Waals surface area contributed by atoms with Crippen molar-refractivity contribution in [1.82, 2.24) is 15.2 Å². The number of nitrogens with zero attached hydrogens (tertiary/aromatic N) is 3. The van der Waals surface area contributed by atoms with Gasteiger partial charge in [-0.15, -0.1) is 24.0 Å². The number of benzene rings is 1. The number of aliphatic imine (C=N–C) groups is 1. The highest BCUT2D eigenvalue weighted by atomic mass is 127. The summed E-state index contributed by atoms with van der Waals surface area (Å²) in [5.41, 5.74) is 1.08. The number of methoxy groups -OCH3 is 1. The number of ether oxygens (including phenoxy) is 2. The maximum absolute atomic E-state index is 5.80. The van der Waals surface area contributed by atoms with E-state index in [1.54, 1.807) is 7.11 Å². The Morgan fingerprint density at radius 2 is 2.14 bits per heavy atom. The standard InChI is InChI=1S/C21H28N4O2S.HI/c1-4-19-15-25(10-11-28-19)21(22-2)24-14-16-8-9-20(23-13-16)27-18-7-5-6-17(12-18)26-3;/h5-9,12-13,19H,4,10-11,14-15H2,1-3H3,(H,22,24);1H. The van der Waals surface area contributed by atoms with Gasteiger partial charge in [0.05, 0.1) is 7.11 Å². The molecule has 0 aliphatic carbocycles. The van der Waals surface area contributed by atoms with Gasteiger partial charge in [0.2, 0.25) is 5.88 Å². The van der Waals surface area contributed by atoms with Gasteiger partial charge in [0.15, 0.2) is 5.96 Å². The Labute approximate surface area is 194 Å². The summed E-state index contributed by atoms with van der Waals surface area (Å²) in [5.74, 6) is 4.12. The number of aromatic nitrogens is 1. The molecule has 1 aliphatic heterocycles. The highest BCUT2D eigenvalue weighted by Gasteiger charge is 2.21. The van der Waals surface area contributed by atoms with E-state index in [-0.39, 0.29) is 24.0 Å². The average molecular weight is 528 g/mol. The molecule has 1 unspecified atom stereocenters. The van der Waals surface area contributed by atoms with Crippen molar-refractivity contribution in [1.29, 1.82) is 0 Å². The molecule has 0 bridgehead atoms. The number of halogens is 1. The molecule has 1 atom stereocenters. The summed E-state index contributed by atoms with van der Waals surface area (Å²) in [5, 5.41) is 4.14. The summed E-state index contributed by atoms with van der Waals surface area (Å²) >= 11 is 2.06. The molecule has 0 amide bonds. The first-order valence-corrected chi connectivity index (χ1v) is 10.6. The fourth-order valence-corrected chi connectivity index (χ4v) is 4.21. The summed E-state index contributed by atoms with van der Waals surface area (Å²) < 4.78 is 11.0. The molecule has 0 saturated carbocycles. The average Bonchev–Trinajstić information content (AvgIpc) is 2.75. The summed E-state index contributed by atoms with van der Waals surface area (Å²) in [7, 11) is 3.48. The number of hydrogen-bond donors (Lipinski definition) is 1. The number of nitrogens with one attached hydrogen (secondary N) is 1. The van der Waals surface area contributed by atoms with Gasteiger partial charge in [0, 0.05) is 56.0 Å². The first kappa shape index (κ1) is 23.6. The summed E-state index contributed by atoms with van der Waals surface area (Å²) in [6.07, 6.45) is 3.02. The maximum Gasteiger partial charge on any atom is 0.219 e. The molecular weight excluding hydrogens is 499 g/mol. The van der Waals surface area contributed by atoms with Crippen LogP contribution in [0.25, 0.3) is 0 Å². The van der Waals surface area contributed by atoms with Gasteiger partial charge in [-0.3, -0.25) is 4.99 Å². The zero-order valence-electron chi connectivity index (χ0n) is 17.1. The molecule has 29 heavy (non-hydrogen) atoms. The van der Waals surface area contributed by atoms with E-state index in [0.29, 0.717) is 23.4 Å². The van der Waals surface area contributed by atoms with Crippen molar-refractivity contribution in [3.05, 3.63) is 48.2 Å². The largest absolute Gasteiger partial charge is 0.497 e. The molecule has 1 aliphatic rings. The van der Waals surface area contributed by atoms with E-state index in [4.69, 9.17) is 9.47 Å². The van der Waals surface area contributed by atoms with Gasteiger partial charge in [-0.2, -0.15) is 11.8 Å². The van der Waals surface area contributed by atoms with E-state index >= 15 is 0 Å².